The van der Waals surface area contributed by atoms with Crippen molar-refractivity contribution in [3.05, 3.63) is 102 Å². The summed E-state index contributed by atoms with van der Waals surface area (Å²) < 4.78 is 7.14. The fourth-order valence-corrected chi connectivity index (χ4v) is 4.13. The van der Waals surface area contributed by atoms with E-state index in [9.17, 15) is 0 Å². The molecular formula is C25H19N3OS. The van der Waals surface area contributed by atoms with Crippen molar-refractivity contribution in [1.29, 1.82) is 0 Å². The van der Waals surface area contributed by atoms with Gasteiger partial charge in [0.2, 0.25) is 5.13 Å². The molecule has 0 aliphatic carbocycles. The lowest BCUT2D eigenvalue weighted by Crippen LogP contribution is -1.96. The molecule has 4 aromatic carbocycles. The van der Waals surface area contributed by atoms with Crippen molar-refractivity contribution in [2.75, 3.05) is 5.43 Å². The molecule has 0 spiro atoms. The average molecular weight is 410 g/mol. The van der Waals surface area contributed by atoms with Gasteiger partial charge >= 0.3 is 0 Å². The molecule has 1 aromatic heterocycles. The first kappa shape index (κ1) is 18.3. The van der Waals surface area contributed by atoms with E-state index in [0.717, 1.165) is 26.7 Å². The standard InChI is InChI=1S/C25H19N3OS/c1-2-9-22-19(6-1)7-5-8-20(22)17-29-21-14-12-18(13-15-21)16-26-28-25-27-23-10-3-4-11-24(23)30-25/h1-16H,17H2,(H,27,28)/b26-16-. The smallest absolute Gasteiger partial charge is 0.204 e. The fraction of sp³-hybridized carbons (Fsp3) is 0.0400. The van der Waals surface area contributed by atoms with Gasteiger partial charge in [-0.2, -0.15) is 5.10 Å². The van der Waals surface area contributed by atoms with E-state index in [-0.39, 0.29) is 0 Å². The maximum atomic E-state index is 5.99. The zero-order valence-corrected chi connectivity index (χ0v) is 17.0. The van der Waals surface area contributed by atoms with E-state index in [1.165, 1.54) is 16.3 Å². The Morgan fingerprint density at radius 2 is 1.67 bits per heavy atom. The number of ether oxygens (including phenoxy) is 1. The maximum absolute atomic E-state index is 5.99. The number of para-hydroxylation sites is 1. The van der Waals surface area contributed by atoms with Gasteiger partial charge in [0.1, 0.15) is 12.4 Å². The van der Waals surface area contributed by atoms with E-state index in [4.69, 9.17) is 4.74 Å². The van der Waals surface area contributed by atoms with Crippen molar-refractivity contribution in [3.63, 3.8) is 0 Å². The van der Waals surface area contributed by atoms with Crippen LogP contribution in [0.1, 0.15) is 11.1 Å². The minimum atomic E-state index is 0.536. The number of rotatable bonds is 6. The van der Waals surface area contributed by atoms with Gasteiger partial charge in [0.05, 0.1) is 16.4 Å². The van der Waals surface area contributed by atoms with Crippen LogP contribution in [-0.4, -0.2) is 11.2 Å². The third-order valence-corrected chi connectivity index (χ3v) is 5.76. The van der Waals surface area contributed by atoms with E-state index < -0.39 is 0 Å². The molecule has 1 heterocycles. The van der Waals surface area contributed by atoms with Crippen molar-refractivity contribution in [2.45, 2.75) is 6.61 Å². The van der Waals surface area contributed by atoms with Gasteiger partial charge in [-0.25, -0.2) is 4.98 Å². The summed E-state index contributed by atoms with van der Waals surface area (Å²) in [6.07, 6.45) is 1.78. The SMILES string of the molecule is C(=N/Nc1nc2ccccc2s1)/c1ccc(OCc2cccc3ccccc23)cc1. The summed E-state index contributed by atoms with van der Waals surface area (Å²) in [5.74, 6) is 0.833. The first-order valence-electron chi connectivity index (χ1n) is 9.69. The number of benzene rings is 4. The third-order valence-electron chi connectivity index (χ3n) is 4.82. The Kier molecular flexibility index (Phi) is 5.10. The number of aromatic nitrogens is 1. The van der Waals surface area contributed by atoms with Crippen LogP contribution in [0.25, 0.3) is 21.0 Å². The van der Waals surface area contributed by atoms with Crippen molar-refractivity contribution >= 4 is 43.7 Å². The van der Waals surface area contributed by atoms with Gasteiger partial charge in [-0.3, -0.25) is 5.43 Å². The second-order valence-corrected chi connectivity index (χ2v) is 7.88. The molecule has 0 atom stereocenters. The number of thiazole rings is 1. The largest absolute Gasteiger partial charge is 0.489 e. The van der Waals surface area contributed by atoms with E-state index in [1.807, 2.05) is 42.5 Å². The zero-order chi connectivity index (χ0) is 20.2. The van der Waals surface area contributed by atoms with Gasteiger partial charge in [-0.1, -0.05) is 65.9 Å². The Bertz CT molecular complexity index is 1290. The molecule has 4 nitrogen and oxygen atoms in total. The summed E-state index contributed by atoms with van der Waals surface area (Å²) in [5.41, 5.74) is 6.15. The number of fused-ring (bicyclic) bond motifs is 2. The van der Waals surface area contributed by atoms with Crippen LogP contribution in [0.4, 0.5) is 5.13 Å². The Balaban J connectivity index is 1.21. The molecule has 0 aliphatic heterocycles. The van der Waals surface area contributed by atoms with Crippen molar-refractivity contribution in [1.82, 2.24) is 4.98 Å². The quantitative estimate of drug-likeness (QED) is 0.258. The summed E-state index contributed by atoms with van der Waals surface area (Å²) >= 11 is 1.58. The second-order valence-electron chi connectivity index (χ2n) is 6.85. The summed E-state index contributed by atoms with van der Waals surface area (Å²) in [5, 5.41) is 7.53. The summed E-state index contributed by atoms with van der Waals surface area (Å²) in [6.45, 7) is 0.536. The van der Waals surface area contributed by atoms with Crippen LogP contribution in [0.2, 0.25) is 0 Å². The summed E-state index contributed by atoms with van der Waals surface area (Å²) in [4.78, 5) is 4.51. The molecule has 30 heavy (non-hydrogen) atoms. The molecule has 5 heteroatoms. The minimum absolute atomic E-state index is 0.536. The molecule has 0 aliphatic rings. The molecule has 1 N–H and O–H groups in total. The van der Waals surface area contributed by atoms with Crippen molar-refractivity contribution in [3.8, 4) is 5.75 Å². The third kappa shape index (κ3) is 4.02. The molecule has 0 amide bonds. The van der Waals surface area contributed by atoms with Gasteiger partial charge in [0.15, 0.2) is 0 Å². The topological polar surface area (TPSA) is 46.5 Å². The highest BCUT2D eigenvalue weighted by Gasteiger charge is 2.03. The first-order chi connectivity index (χ1) is 14.8. The summed E-state index contributed by atoms with van der Waals surface area (Å²) in [7, 11) is 0. The monoisotopic (exact) mass is 409 g/mol. The van der Waals surface area contributed by atoms with Crippen molar-refractivity contribution < 1.29 is 4.74 Å². The van der Waals surface area contributed by atoms with Gasteiger partial charge in [0, 0.05) is 0 Å². The second kappa shape index (κ2) is 8.35. The Morgan fingerprint density at radius 3 is 2.57 bits per heavy atom. The average Bonchev–Trinajstić information content (AvgIpc) is 3.21. The number of hydrogen-bond acceptors (Lipinski definition) is 5. The molecule has 0 fully saturated rings. The Labute approximate surface area is 178 Å². The lowest BCUT2D eigenvalue weighted by molar-refractivity contribution is 0.307. The van der Waals surface area contributed by atoms with E-state index in [0.29, 0.717) is 6.61 Å². The fourth-order valence-electron chi connectivity index (χ4n) is 3.31. The van der Waals surface area contributed by atoms with Gasteiger partial charge in [0.25, 0.3) is 0 Å². The number of anilines is 1. The maximum Gasteiger partial charge on any atom is 0.204 e. The molecule has 5 aromatic rings. The van der Waals surface area contributed by atoms with Crippen LogP contribution in [0.3, 0.4) is 0 Å². The van der Waals surface area contributed by atoms with Crippen LogP contribution in [0.15, 0.2) is 96.1 Å². The van der Waals surface area contributed by atoms with E-state index >= 15 is 0 Å². The minimum Gasteiger partial charge on any atom is -0.489 e. The molecule has 0 saturated heterocycles. The lowest BCUT2D eigenvalue weighted by atomic mass is 10.1. The molecule has 0 saturated carbocycles. The molecule has 0 unspecified atom stereocenters. The molecule has 5 rings (SSSR count). The van der Waals surface area contributed by atoms with Crippen LogP contribution < -0.4 is 10.2 Å². The zero-order valence-electron chi connectivity index (χ0n) is 16.2. The molecule has 0 bridgehead atoms. The van der Waals surface area contributed by atoms with E-state index in [2.05, 4.69) is 64.0 Å². The van der Waals surface area contributed by atoms with Crippen LogP contribution in [-0.2, 0) is 6.61 Å². The highest BCUT2D eigenvalue weighted by molar-refractivity contribution is 7.22. The van der Waals surface area contributed by atoms with Crippen LogP contribution in [0, 0.1) is 0 Å². The number of hydrogen-bond donors (Lipinski definition) is 1. The van der Waals surface area contributed by atoms with Gasteiger partial charge in [-0.15, -0.1) is 0 Å². The molecule has 146 valence electrons. The van der Waals surface area contributed by atoms with Crippen LogP contribution >= 0.6 is 11.3 Å². The predicted molar refractivity (Wildman–Crippen MR) is 126 cm³/mol. The number of nitrogens with zero attached hydrogens (tertiary/aromatic N) is 2. The first-order valence-corrected chi connectivity index (χ1v) is 10.5. The highest BCUT2D eigenvalue weighted by Crippen LogP contribution is 2.25. The van der Waals surface area contributed by atoms with Gasteiger partial charge < -0.3 is 4.74 Å². The number of nitrogens with one attached hydrogen (secondary N) is 1. The predicted octanol–water partition coefficient (Wildman–Crippen LogP) is 6.47. The van der Waals surface area contributed by atoms with E-state index in [1.54, 1.807) is 17.6 Å². The Hall–Kier alpha value is -3.70. The molecular weight excluding hydrogens is 390 g/mol. The van der Waals surface area contributed by atoms with Crippen LogP contribution in [0.5, 0.6) is 5.75 Å². The Morgan fingerprint density at radius 1 is 0.867 bits per heavy atom. The number of hydrazone groups is 1. The molecule has 0 radical (unpaired) electrons. The summed E-state index contributed by atoms with van der Waals surface area (Å²) in [6, 6.07) is 30.6. The van der Waals surface area contributed by atoms with Gasteiger partial charge in [-0.05, 0) is 58.3 Å². The van der Waals surface area contributed by atoms with Crippen molar-refractivity contribution in [2.24, 2.45) is 5.10 Å². The normalized spacial score (nSPS) is 11.3. The highest BCUT2D eigenvalue weighted by atomic mass is 32.1. The lowest BCUT2D eigenvalue weighted by Gasteiger charge is -2.09.